The Morgan fingerprint density at radius 1 is 1.07 bits per heavy atom. The van der Waals surface area contributed by atoms with Gasteiger partial charge in [0.2, 0.25) is 5.91 Å². The minimum Gasteiger partial charge on any atom is -0.492 e. The number of piperazine rings is 1. The lowest BCUT2D eigenvalue weighted by Gasteiger charge is -2.32. The molecule has 1 aliphatic rings. The van der Waals surface area contributed by atoms with E-state index in [0.29, 0.717) is 19.4 Å². The average Bonchev–Trinajstić information content (AvgIpc) is 2.75. The summed E-state index contributed by atoms with van der Waals surface area (Å²) in [5.41, 5.74) is 3.40. The van der Waals surface area contributed by atoms with Gasteiger partial charge in [0.05, 0.1) is 11.1 Å². The number of ether oxygens (including phenoxy) is 1. The molecule has 0 aliphatic carbocycles. The molecule has 1 heterocycles. The Balaban J connectivity index is 1.36. The van der Waals surface area contributed by atoms with Gasteiger partial charge in [0.25, 0.3) is 0 Å². The van der Waals surface area contributed by atoms with E-state index in [0.717, 1.165) is 55.1 Å². The highest BCUT2D eigenvalue weighted by atomic mass is 79.9. The van der Waals surface area contributed by atoms with Crippen LogP contribution >= 0.6 is 15.9 Å². The lowest BCUT2D eigenvalue weighted by Crippen LogP contribution is -2.43. The number of hydrogen-bond acceptors (Lipinski definition) is 4. The molecule has 0 radical (unpaired) electrons. The Morgan fingerprint density at radius 3 is 2.43 bits per heavy atom. The fourth-order valence-corrected chi connectivity index (χ4v) is 4.02. The van der Waals surface area contributed by atoms with Crippen molar-refractivity contribution < 1.29 is 9.53 Å². The van der Waals surface area contributed by atoms with E-state index in [-0.39, 0.29) is 5.91 Å². The van der Waals surface area contributed by atoms with Crippen LogP contribution < -0.4 is 10.1 Å². The van der Waals surface area contributed by atoms with E-state index >= 15 is 0 Å². The van der Waals surface area contributed by atoms with Crippen molar-refractivity contribution in [2.45, 2.75) is 32.7 Å². The molecule has 162 valence electrons. The van der Waals surface area contributed by atoms with Crippen molar-refractivity contribution in [3.8, 4) is 5.75 Å². The number of nitrogens with zero attached hydrogens (tertiary/aromatic N) is 2. The molecule has 2 aromatic carbocycles. The molecule has 6 heteroatoms. The minimum atomic E-state index is 0.0193. The highest BCUT2D eigenvalue weighted by molar-refractivity contribution is 9.10. The summed E-state index contributed by atoms with van der Waals surface area (Å²) in [4.78, 5) is 17.1. The summed E-state index contributed by atoms with van der Waals surface area (Å²) in [6.45, 7) is 8.07. The van der Waals surface area contributed by atoms with E-state index in [9.17, 15) is 4.79 Å². The van der Waals surface area contributed by atoms with E-state index in [1.165, 1.54) is 11.1 Å². The SMILES string of the molecule is CCc1ccc(OCCCC(=O)Nc2ccc(CN3CCN(C)CC3)cc2)c(Br)c1. The summed E-state index contributed by atoms with van der Waals surface area (Å²) in [6, 6.07) is 14.3. The van der Waals surface area contributed by atoms with Crippen LogP contribution in [0.5, 0.6) is 5.75 Å². The van der Waals surface area contributed by atoms with Crippen LogP contribution in [-0.2, 0) is 17.8 Å². The van der Waals surface area contributed by atoms with Gasteiger partial charge >= 0.3 is 0 Å². The Morgan fingerprint density at radius 2 is 1.77 bits per heavy atom. The number of likely N-dealkylation sites (N-methyl/N-ethyl adjacent to an activating group) is 1. The third kappa shape index (κ3) is 7.11. The van der Waals surface area contributed by atoms with E-state index in [4.69, 9.17) is 4.74 Å². The zero-order valence-corrected chi connectivity index (χ0v) is 19.6. The molecule has 1 aliphatic heterocycles. The number of aryl methyl sites for hydroxylation is 1. The van der Waals surface area contributed by atoms with Gasteiger partial charge in [-0.15, -0.1) is 0 Å². The number of halogens is 1. The predicted molar refractivity (Wildman–Crippen MR) is 126 cm³/mol. The van der Waals surface area contributed by atoms with Gasteiger partial charge in [0.1, 0.15) is 5.75 Å². The van der Waals surface area contributed by atoms with Crippen molar-refractivity contribution in [2.75, 3.05) is 45.2 Å². The van der Waals surface area contributed by atoms with Gasteiger partial charge in [-0.25, -0.2) is 0 Å². The van der Waals surface area contributed by atoms with Crippen LogP contribution in [0.4, 0.5) is 5.69 Å². The van der Waals surface area contributed by atoms with Gasteiger partial charge < -0.3 is 15.0 Å². The molecule has 0 aromatic heterocycles. The lowest BCUT2D eigenvalue weighted by molar-refractivity contribution is -0.116. The molecule has 0 bridgehead atoms. The summed E-state index contributed by atoms with van der Waals surface area (Å²) in [5, 5.41) is 2.98. The third-order valence-corrected chi connectivity index (χ3v) is 6.07. The molecule has 1 fully saturated rings. The van der Waals surface area contributed by atoms with Gasteiger partial charge in [-0.05, 0) is 71.2 Å². The molecule has 30 heavy (non-hydrogen) atoms. The molecule has 0 saturated carbocycles. The topological polar surface area (TPSA) is 44.8 Å². The molecule has 0 atom stereocenters. The van der Waals surface area contributed by atoms with Gasteiger partial charge in [-0.1, -0.05) is 25.1 Å². The maximum atomic E-state index is 12.2. The maximum absolute atomic E-state index is 12.2. The fourth-order valence-electron chi connectivity index (χ4n) is 3.48. The van der Waals surface area contributed by atoms with Gasteiger partial charge in [0, 0.05) is 44.8 Å². The molecule has 3 rings (SSSR count). The number of amides is 1. The smallest absolute Gasteiger partial charge is 0.224 e. The first-order chi connectivity index (χ1) is 14.5. The van der Waals surface area contributed by atoms with Crippen LogP contribution in [0.2, 0.25) is 0 Å². The van der Waals surface area contributed by atoms with E-state index < -0.39 is 0 Å². The van der Waals surface area contributed by atoms with E-state index in [1.807, 2.05) is 18.2 Å². The highest BCUT2D eigenvalue weighted by Gasteiger charge is 2.13. The van der Waals surface area contributed by atoms with Crippen molar-refractivity contribution in [1.82, 2.24) is 9.80 Å². The minimum absolute atomic E-state index is 0.0193. The van der Waals surface area contributed by atoms with E-state index in [1.54, 1.807) is 0 Å². The number of benzene rings is 2. The van der Waals surface area contributed by atoms with Crippen LogP contribution in [-0.4, -0.2) is 55.5 Å². The maximum Gasteiger partial charge on any atom is 0.224 e. The monoisotopic (exact) mass is 473 g/mol. The molecule has 1 N–H and O–H groups in total. The van der Waals surface area contributed by atoms with Crippen molar-refractivity contribution in [2.24, 2.45) is 0 Å². The Kier molecular flexibility index (Phi) is 8.73. The average molecular weight is 474 g/mol. The summed E-state index contributed by atoms with van der Waals surface area (Å²) in [5.74, 6) is 0.842. The van der Waals surface area contributed by atoms with Crippen LogP contribution in [0.25, 0.3) is 0 Å². The first-order valence-corrected chi connectivity index (χ1v) is 11.5. The Bertz CT molecular complexity index is 818. The first kappa shape index (κ1) is 22.8. The quantitative estimate of drug-likeness (QED) is 0.542. The Labute approximate surface area is 188 Å². The number of rotatable bonds is 9. The first-order valence-electron chi connectivity index (χ1n) is 10.7. The van der Waals surface area contributed by atoms with Crippen molar-refractivity contribution in [1.29, 1.82) is 0 Å². The molecule has 0 unspecified atom stereocenters. The normalized spacial score (nSPS) is 15.2. The number of carbonyl (C=O) groups excluding carboxylic acids is 1. The lowest BCUT2D eigenvalue weighted by atomic mass is 10.1. The second kappa shape index (κ2) is 11.5. The number of hydrogen-bond donors (Lipinski definition) is 1. The summed E-state index contributed by atoms with van der Waals surface area (Å²) in [7, 11) is 2.17. The molecule has 0 spiro atoms. The van der Waals surface area contributed by atoms with Crippen LogP contribution in [0.3, 0.4) is 0 Å². The third-order valence-electron chi connectivity index (χ3n) is 5.45. The molecule has 2 aromatic rings. The zero-order valence-electron chi connectivity index (χ0n) is 18.0. The molecular weight excluding hydrogens is 442 g/mol. The van der Waals surface area contributed by atoms with Gasteiger partial charge in [-0.2, -0.15) is 0 Å². The van der Waals surface area contributed by atoms with Crippen LogP contribution in [0, 0.1) is 0 Å². The summed E-state index contributed by atoms with van der Waals surface area (Å²) in [6.07, 6.45) is 2.11. The predicted octanol–water partition coefficient (Wildman–Crippen LogP) is 4.56. The molecular formula is C24H32BrN3O2. The fraction of sp³-hybridized carbons (Fsp3) is 0.458. The summed E-state index contributed by atoms with van der Waals surface area (Å²) >= 11 is 3.54. The number of nitrogens with one attached hydrogen (secondary N) is 1. The highest BCUT2D eigenvalue weighted by Crippen LogP contribution is 2.26. The largest absolute Gasteiger partial charge is 0.492 e. The summed E-state index contributed by atoms with van der Waals surface area (Å²) < 4.78 is 6.76. The Hall–Kier alpha value is -1.89. The van der Waals surface area contributed by atoms with Crippen molar-refractivity contribution >= 4 is 27.5 Å². The van der Waals surface area contributed by atoms with E-state index in [2.05, 4.69) is 69.3 Å². The van der Waals surface area contributed by atoms with Gasteiger partial charge in [0.15, 0.2) is 0 Å². The zero-order chi connectivity index (χ0) is 21.3. The van der Waals surface area contributed by atoms with Crippen molar-refractivity contribution in [3.05, 3.63) is 58.1 Å². The molecule has 1 saturated heterocycles. The van der Waals surface area contributed by atoms with Gasteiger partial charge in [-0.3, -0.25) is 9.69 Å². The van der Waals surface area contributed by atoms with Crippen molar-refractivity contribution in [3.63, 3.8) is 0 Å². The molecule has 5 nitrogen and oxygen atoms in total. The second-order valence-corrected chi connectivity index (χ2v) is 8.75. The number of carbonyl (C=O) groups is 1. The standard InChI is InChI=1S/C24H32BrN3O2/c1-3-19-8-11-23(22(25)17-19)30-16-4-5-24(29)26-21-9-6-20(7-10-21)18-28-14-12-27(2)13-15-28/h6-11,17H,3-5,12-16,18H2,1-2H3,(H,26,29). The second-order valence-electron chi connectivity index (χ2n) is 7.89. The number of anilines is 1. The van der Waals surface area contributed by atoms with Crippen LogP contribution in [0.1, 0.15) is 30.9 Å². The molecule has 1 amide bonds. The van der Waals surface area contributed by atoms with Crippen LogP contribution in [0.15, 0.2) is 46.9 Å².